The van der Waals surface area contributed by atoms with Crippen LogP contribution in [0.15, 0.2) is 8.89 Å². The number of rotatable bonds is 2. The lowest BCUT2D eigenvalue weighted by molar-refractivity contribution is 0.0900. The van der Waals surface area contributed by atoms with E-state index in [1.54, 1.807) is 13.8 Å². The predicted octanol–water partition coefficient (Wildman–Crippen LogP) is 3.62. The molecular formula is C14H17BrN2O2. The van der Waals surface area contributed by atoms with Gasteiger partial charge in [-0.25, -0.2) is 0 Å². The van der Waals surface area contributed by atoms with E-state index in [0.717, 1.165) is 32.1 Å². The van der Waals surface area contributed by atoms with Crippen molar-refractivity contribution < 1.29 is 9.21 Å². The molecule has 1 N–H and O–H groups in total. The van der Waals surface area contributed by atoms with Crippen molar-refractivity contribution in [3.05, 3.63) is 21.6 Å². The van der Waals surface area contributed by atoms with E-state index >= 15 is 0 Å². The van der Waals surface area contributed by atoms with E-state index in [2.05, 4.69) is 27.3 Å². The van der Waals surface area contributed by atoms with Gasteiger partial charge in [0.25, 0.3) is 5.91 Å². The lowest BCUT2D eigenvalue weighted by Crippen LogP contribution is -2.48. The third kappa shape index (κ3) is 2.69. The van der Waals surface area contributed by atoms with Gasteiger partial charge >= 0.3 is 0 Å². The van der Waals surface area contributed by atoms with Crippen LogP contribution in [0.3, 0.4) is 0 Å². The number of nitriles is 1. The maximum atomic E-state index is 12.4. The first-order valence-electron chi connectivity index (χ1n) is 6.48. The first-order chi connectivity index (χ1) is 8.99. The van der Waals surface area contributed by atoms with E-state index in [0.29, 0.717) is 21.6 Å². The Morgan fingerprint density at radius 1 is 1.32 bits per heavy atom. The Hall–Kier alpha value is -1.28. The van der Waals surface area contributed by atoms with E-state index in [4.69, 9.17) is 4.42 Å². The molecule has 1 aromatic rings. The highest BCUT2D eigenvalue weighted by molar-refractivity contribution is 9.10. The van der Waals surface area contributed by atoms with Crippen molar-refractivity contribution in [3.63, 3.8) is 0 Å². The average molecular weight is 325 g/mol. The molecule has 0 aliphatic heterocycles. The van der Waals surface area contributed by atoms with Crippen molar-refractivity contribution in [2.24, 2.45) is 0 Å². The van der Waals surface area contributed by atoms with Crippen LogP contribution in [-0.2, 0) is 0 Å². The number of nitrogens with zero attached hydrogens (tertiary/aromatic N) is 1. The van der Waals surface area contributed by atoms with Crippen molar-refractivity contribution >= 4 is 21.8 Å². The molecule has 0 bridgehead atoms. The molecule has 1 heterocycles. The second-order valence-corrected chi connectivity index (χ2v) is 5.91. The summed E-state index contributed by atoms with van der Waals surface area (Å²) >= 11 is 3.37. The van der Waals surface area contributed by atoms with Gasteiger partial charge in [-0.2, -0.15) is 5.26 Å². The minimum absolute atomic E-state index is 0.232. The summed E-state index contributed by atoms with van der Waals surface area (Å²) in [7, 11) is 0. The summed E-state index contributed by atoms with van der Waals surface area (Å²) in [6.45, 7) is 3.56. The van der Waals surface area contributed by atoms with Crippen LogP contribution in [0, 0.1) is 25.2 Å². The van der Waals surface area contributed by atoms with E-state index in [1.165, 1.54) is 0 Å². The molecule has 1 aliphatic rings. The van der Waals surface area contributed by atoms with Gasteiger partial charge in [0.05, 0.1) is 16.1 Å². The summed E-state index contributed by atoms with van der Waals surface area (Å²) in [6, 6.07) is 2.29. The molecule has 2 rings (SSSR count). The highest BCUT2D eigenvalue weighted by Crippen LogP contribution is 2.31. The van der Waals surface area contributed by atoms with Crippen LogP contribution in [0.1, 0.15) is 54.0 Å². The van der Waals surface area contributed by atoms with Gasteiger partial charge in [0.1, 0.15) is 17.1 Å². The van der Waals surface area contributed by atoms with Gasteiger partial charge in [0.2, 0.25) is 0 Å². The van der Waals surface area contributed by atoms with Gasteiger partial charge in [0.15, 0.2) is 0 Å². The summed E-state index contributed by atoms with van der Waals surface area (Å²) in [5, 5.41) is 12.3. The fourth-order valence-electron chi connectivity index (χ4n) is 2.62. The first kappa shape index (κ1) is 14.1. The molecule has 5 heteroatoms. The maximum absolute atomic E-state index is 12.4. The predicted molar refractivity (Wildman–Crippen MR) is 74.8 cm³/mol. The molecule has 102 valence electrons. The van der Waals surface area contributed by atoms with Crippen LogP contribution < -0.4 is 5.32 Å². The van der Waals surface area contributed by atoms with Crippen molar-refractivity contribution in [1.29, 1.82) is 5.26 Å². The molecule has 1 aliphatic carbocycles. The van der Waals surface area contributed by atoms with Crippen molar-refractivity contribution in [2.75, 3.05) is 0 Å². The minimum Gasteiger partial charge on any atom is -0.465 e. The molecule has 0 saturated heterocycles. The quantitative estimate of drug-likeness (QED) is 0.903. The molecule has 1 amide bonds. The Labute approximate surface area is 121 Å². The minimum atomic E-state index is -0.716. The van der Waals surface area contributed by atoms with Gasteiger partial charge in [0, 0.05) is 0 Å². The Bertz CT molecular complexity index is 536. The van der Waals surface area contributed by atoms with Gasteiger partial charge in [-0.15, -0.1) is 0 Å². The number of carbonyl (C=O) groups is 1. The largest absolute Gasteiger partial charge is 0.465 e. The molecular weight excluding hydrogens is 308 g/mol. The molecule has 1 fully saturated rings. The van der Waals surface area contributed by atoms with Crippen LogP contribution >= 0.6 is 15.9 Å². The topological polar surface area (TPSA) is 66.0 Å². The second kappa shape index (κ2) is 5.38. The van der Waals surface area contributed by atoms with E-state index in [1.807, 2.05) is 0 Å². The van der Waals surface area contributed by atoms with E-state index in [-0.39, 0.29) is 5.91 Å². The number of hydrogen-bond acceptors (Lipinski definition) is 3. The Balaban J connectivity index is 2.23. The molecule has 0 radical (unpaired) electrons. The SMILES string of the molecule is Cc1oc(C)c(C(=O)NC2(C#N)CCCCC2)c1Br. The molecule has 0 unspecified atom stereocenters. The summed E-state index contributed by atoms with van der Waals surface area (Å²) in [5.74, 6) is 1.02. The van der Waals surface area contributed by atoms with Gasteiger partial charge in [-0.3, -0.25) is 4.79 Å². The molecule has 0 spiro atoms. The standard InChI is InChI=1S/C14H17BrN2O2/c1-9-11(12(15)10(2)19-9)13(18)17-14(8-16)6-4-3-5-7-14/h3-7H2,1-2H3,(H,17,18). The number of amides is 1. The average Bonchev–Trinajstić information content (AvgIpc) is 2.64. The fraction of sp³-hybridized carbons (Fsp3) is 0.571. The zero-order valence-electron chi connectivity index (χ0n) is 11.2. The van der Waals surface area contributed by atoms with Crippen LogP contribution in [0.5, 0.6) is 0 Å². The zero-order chi connectivity index (χ0) is 14.0. The second-order valence-electron chi connectivity index (χ2n) is 5.11. The number of hydrogen-bond donors (Lipinski definition) is 1. The Kier molecular flexibility index (Phi) is 4.00. The van der Waals surface area contributed by atoms with Crippen LogP contribution in [0.25, 0.3) is 0 Å². The Morgan fingerprint density at radius 2 is 1.95 bits per heavy atom. The number of halogens is 1. The highest BCUT2D eigenvalue weighted by atomic mass is 79.9. The van der Waals surface area contributed by atoms with Crippen molar-refractivity contribution in [2.45, 2.75) is 51.5 Å². The van der Waals surface area contributed by atoms with Gasteiger partial charge in [-0.05, 0) is 42.6 Å². The summed E-state index contributed by atoms with van der Waals surface area (Å²) in [4.78, 5) is 12.4. The summed E-state index contributed by atoms with van der Waals surface area (Å²) in [6.07, 6.45) is 4.55. The van der Waals surface area contributed by atoms with Gasteiger partial charge < -0.3 is 9.73 Å². The summed E-state index contributed by atoms with van der Waals surface area (Å²) < 4.78 is 6.10. The number of furan rings is 1. The molecule has 19 heavy (non-hydrogen) atoms. The van der Waals surface area contributed by atoms with Crippen molar-refractivity contribution in [1.82, 2.24) is 5.32 Å². The van der Waals surface area contributed by atoms with Gasteiger partial charge in [-0.1, -0.05) is 19.3 Å². The molecule has 0 aromatic carbocycles. The van der Waals surface area contributed by atoms with Crippen LogP contribution in [0.2, 0.25) is 0 Å². The maximum Gasteiger partial charge on any atom is 0.257 e. The van der Waals surface area contributed by atoms with E-state index < -0.39 is 5.54 Å². The third-order valence-electron chi connectivity index (χ3n) is 3.69. The Morgan fingerprint density at radius 3 is 2.42 bits per heavy atom. The summed E-state index contributed by atoms with van der Waals surface area (Å²) in [5.41, 5.74) is -0.218. The smallest absolute Gasteiger partial charge is 0.257 e. The lowest BCUT2D eigenvalue weighted by atomic mass is 9.82. The molecule has 4 nitrogen and oxygen atoms in total. The normalized spacial score (nSPS) is 17.8. The van der Waals surface area contributed by atoms with E-state index in [9.17, 15) is 10.1 Å². The fourth-order valence-corrected chi connectivity index (χ4v) is 3.16. The highest BCUT2D eigenvalue weighted by Gasteiger charge is 2.35. The third-order valence-corrected chi connectivity index (χ3v) is 4.64. The van der Waals surface area contributed by atoms with Crippen LogP contribution in [-0.4, -0.2) is 11.4 Å². The molecule has 0 atom stereocenters. The number of carbonyl (C=O) groups excluding carboxylic acids is 1. The zero-order valence-corrected chi connectivity index (χ0v) is 12.8. The number of nitrogens with one attached hydrogen (secondary N) is 1. The monoisotopic (exact) mass is 324 g/mol. The first-order valence-corrected chi connectivity index (χ1v) is 7.28. The van der Waals surface area contributed by atoms with Crippen molar-refractivity contribution in [3.8, 4) is 6.07 Å². The molecule has 1 aromatic heterocycles. The number of aryl methyl sites for hydroxylation is 2. The molecule has 1 saturated carbocycles. The lowest BCUT2D eigenvalue weighted by Gasteiger charge is -2.31. The van der Waals surface area contributed by atoms with Crippen LogP contribution in [0.4, 0.5) is 0 Å².